The van der Waals surface area contributed by atoms with Gasteiger partial charge in [-0.05, 0) is 78.8 Å². The number of aryl methyl sites for hydroxylation is 3. The average Bonchev–Trinajstić information content (AvgIpc) is 4.22. The van der Waals surface area contributed by atoms with Gasteiger partial charge < -0.3 is 59.1 Å². The lowest BCUT2D eigenvalue weighted by molar-refractivity contribution is -0.144. The number of benzene rings is 4. The molecule has 1 fully saturated rings. The molecular weight excluding hydrogens is 991 g/mol. The van der Waals surface area contributed by atoms with Gasteiger partial charge in [-0.15, -0.1) is 11.3 Å². The molecule has 3 atom stereocenters. The number of carbonyl (C=O) groups is 4. The minimum Gasteiger partial charge on any atom is -0.491 e. The predicted octanol–water partition coefficient (Wildman–Crippen LogP) is 6.90. The number of nitrogens with two attached hydrogens (primary N) is 1. The Morgan fingerprint density at radius 1 is 0.816 bits per heavy atom. The number of aliphatic hydroxyl groups excluding tert-OH is 1. The van der Waals surface area contributed by atoms with Gasteiger partial charge >= 0.3 is 0 Å². The number of rotatable bonds is 25. The molecule has 0 bridgehead atoms. The summed E-state index contributed by atoms with van der Waals surface area (Å²) in [5, 5.41) is 22.0. The van der Waals surface area contributed by atoms with Crippen molar-refractivity contribution in [3.05, 3.63) is 124 Å². The molecule has 0 aliphatic carbocycles. The van der Waals surface area contributed by atoms with E-state index in [0.29, 0.717) is 56.7 Å². The molecule has 0 saturated carbocycles. The summed E-state index contributed by atoms with van der Waals surface area (Å²) in [5.74, 6) is -0.599. The molecule has 19 heteroatoms. The number of nitrogens with one attached hydrogen (secondary N) is 2. The van der Waals surface area contributed by atoms with Crippen LogP contribution in [0.3, 0.4) is 0 Å². The third-order valence-corrected chi connectivity index (χ3v) is 14.2. The smallest absolute Gasteiger partial charge is 0.249 e. The molecule has 4 aromatic carbocycles. The van der Waals surface area contributed by atoms with Crippen LogP contribution in [0.4, 0.5) is 0 Å². The van der Waals surface area contributed by atoms with E-state index in [1.165, 1.54) is 4.90 Å². The van der Waals surface area contributed by atoms with E-state index in [1.807, 2.05) is 114 Å². The third-order valence-electron chi connectivity index (χ3n) is 13.3. The number of nitrogens with zero attached hydrogens (tertiary/aromatic N) is 4. The molecular formula is C57H67N7O11S. The summed E-state index contributed by atoms with van der Waals surface area (Å²) < 4.78 is 36.3. The van der Waals surface area contributed by atoms with E-state index < -0.39 is 41.3 Å². The highest BCUT2D eigenvalue weighted by molar-refractivity contribution is 7.13. The molecule has 1 aliphatic heterocycles. The van der Waals surface area contributed by atoms with Crippen LogP contribution in [-0.4, -0.2) is 133 Å². The summed E-state index contributed by atoms with van der Waals surface area (Å²) in [5.41, 5.74) is 15.7. The number of primary amides is 1. The normalized spacial score (nSPS) is 15.1. The lowest BCUT2D eigenvalue weighted by Gasteiger charge is -2.35. The maximum absolute atomic E-state index is 14.0. The molecule has 5 N–H and O–H groups in total. The van der Waals surface area contributed by atoms with E-state index in [-0.39, 0.29) is 51.8 Å². The van der Waals surface area contributed by atoms with Gasteiger partial charge in [-0.25, -0.2) is 4.98 Å². The van der Waals surface area contributed by atoms with Crippen LogP contribution in [0.1, 0.15) is 65.8 Å². The number of hydrogen-bond acceptors (Lipinski definition) is 14. The SMILES string of the molecule is Cc1ncsc1-c1ccc(CNC(=O)C2C[C@@H](O)CN2C(=O)C(NC(=O)COCCOCCOCCOCCOc2ccc3c(c2)c2c(C(N)=O)cc(-c4c(C)noc4C)cc2n3Cc2ccccc2)C(C)(C)C)cc1. The molecule has 4 heterocycles. The highest BCUT2D eigenvalue weighted by Crippen LogP contribution is 2.39. The number of likely N-dealkylation sites (tertiary alicyclic amines) is 1. The number of fused-ring (bicyclic) bond motifs is 3. The minimum absolute atomic E-state index is 0.0256. The molecule has 3 aromatic heterocycles. The number of aromatic nitrogens is 3. The van der Waals surface area contributed by atoms with Gasteiger partial charge in [0.05, 0.1) is 79.6 Å². The first-order valence-corrected chi connectivity index (χ1v) is 26.3. The van der Waals surface area contributed by atoms with Gasteiger partial charge in [-0.3, -0.25) is 19.2 Å². The van der Waals surface area contributed by atoms with Gasteiger partial charge in [0.1, 0.15) is 36.8 Å². The van der Waals surface area contributed by atoms with Crippen LogP contribution in [0, 0.1) is 26.2 Å². The van der Waals surface area contributed by atoms with Crippen molar-refractivity contribution in [2.75, 3.05) is 66.0 Å². The standard InChI is InChI=1S/C57H67N7O11S/c1-35-50(37(3)75-62-35)41-26-45(54(58)67)51-44-29-43(16-17-46(44)63(47(51)27-41)31-39-10-8-7-9-11-39)74-25-24-72-21-20-70-18-19-71-22-23-73-33-49(66)61-53(57(4,5)6)56(69)64-32-42(65)28-48(64)55(68)59-30-38-12-14-40(15-13-38)52-36(2)60-34-76-52/h7-17,26-27,29,34,42,48,53,65H,18-25,28,30-33H2,1-6H3,(H2,58,67)(H,59,68)(H,61,66)/t42-,48?,53?/m1/s1. The van der Waals surface area contributed by atoms with Gasteiger partial charge in [0, 0.05) is 53.5 Å². The molecule has 18 nitrogen and oxygen atoms in total. The first-order chi connectivity index (χ1) is 36.6. The monoisotopic (exact) mass is 1060 g/mol. The van der Waals surface area contributed by atoms with Gasteiger partial charge in [0.25, 0.3) is 0 Å². The maximum atomic E-state index is 14.0. The van der Waals surface area contributed by atoms with E-state index in [4.69, 9.17) is 33.9 Å². The highest BCUT2D eigenvalue weighted by atomic mass is 32.1. The Morgan fingerprint density at radius 2 is 1.50 bits per heavy atom. The Hall–Kier alpha value is -7.00. The summed E-state index contributed by atoms with van der Waals surface area (Å²) in [6.07, 6.45) is -0.793. The van der Waals surface area contributed by atoms with Crippen molar-refractivity contribution in [1.82, 2.24) is 30.2 Å². The Bertz CT molecular complexity index is 3110. The Kier molecular flexibility index (Phi) is 18.3. The zero-order chi connectivity index (χ0) is 53.9. The first kappa shape index (κ1) is 55.2. The van der Waals surface area contributed by atoms with Crippen LogP contribution >= 0.6 is 11.3 Å². The Balaban J connectivity index is 0.725. The van der Waals surface area contributed by atoms with Crippen LogP contribution in [0.2, 0.25) is 0 Å². The third kappa shape index (κ3) is 13.5. The number of β-amino-alcohol motifs (C(OH)–C–C–N with tert-alkyl or cyclic N) is 1. The van der Waals surface area contributed by atoms with Gasteiger partial charge in [0.2, 0.25) is 23.6 Å². The minimum atomic E-state index is -0.978. The second kappa shape index (κ2) is 25.2. The van der Waals surface area contributed by atoms with Crippen molar-refractivity contribution in [1.29, 1.82) is 0 Å². The van der Waals surface area contributed by atoms with Crippen LogP contribution in [0.5, 0.6) is 5.75 Å². The van der Waals surface area contributed by atoms with Crippen molar-refractivity contribution in [2.45, 2.75) is 79.2 Å². The number of carbonyl (C=O) groups excluding carboxylic acids is 4. The van der Waals surface area contributed by atoms with E-state index >= 15 is 0 Å². The van der Waals surface area contributed by atoms with E-state index in [0.717, 1.165) is 65.9 Å². The van der Waals surface area contributed by atoms with Crippen molar-refractivity contribution in [3.63, 3.8) is 0 Å². The highest BCUT2D eigenvalue weighted by Gasteiger charge is 2.44. The molecule has 402 valence electrons. The molecule has 1 saturated heterocycles. The lowest BCUT2D eigenvalue weighted by Crippen LogP contribution is -2.58. The molecule has 1 aliphatic rings. The number of ether oxygens (including phenoxy) is 5. The van der Waals surface area contributed by atoms with Crippen molar-refractivity contribution in [2.24, 2.45) is 11.1 Å². The molecule has 0 radical (unpaired) electrons. The zero-order valence-corrected chi connectivity index (χ0v) is 44.7. The number of aliphatic hydroxyl groups is 1. The second-order valence-electron chi connectivity index (χ2n) is 19.9. The summed E-state index contributed by atoms with van der Waals surface area (Å²) >= 11 is 1.57. The first-order valence-electron chi connectivity index (χ1n) is 25.4. The summed E-state index contributed by atoms with van der Waals surface area (Å²) in [6, 6.07) is 25.8. The maximum Gasteiger partial charge on any atom is 0.249 e. The molecule has 8 rings (SSSR count). The molecule has 0 spiro atoms. The van der Waals surface area contributed by atoms with E-state index in [1.54, 1.807) is 11.3 Å². The summed E-state index contributed by atoms with van der Waals surface area (Å²) in [7, 11) is 0. The fourth-order valence-corrected chi connectivity index (χ4v) is 10.3. The van der Waals surface area contributed by atoms with Crippen LogP contribution < -0.4 is 21.1 Å². The van der Waals surface area contributed by atoms with E-state index in [2.05, 4.69) is 43.5 Å². The number of hydrogen-bond donors (Lipinski definition) is 4. The van der Waals surface area contributed by atoms with Crippen LogP contribution in [-0.2, 0) is 46.4 Å². The Morgan fingerprint density at radius 3 is 2.13 bits per heavy atom. The summed E-state index contributed by atoms with van der Waals surface area (Å²) in [6.45, 7) is 13.9. The molecule has 4 amide bonds. The zero-order valence-electron chi connectivity index (χ0n) is 43.9. The van der Waals surface area contributed by atoms with Crippen LogP contribution in [0.15, 0.2) is 95.0 Å². The van der Waals surface area contributed by atoms with Crippen molar-refractivity contribution >= 4 is 56.8 Å². The van der Waals surface area contributed by atoms with Gasteiger partial charge in [0.15, 0.2) is 0 Å². The number of thiazole rings is 1. The van der Waals surface area contributed by atoms with Gasteiger partial charge in [-0.2, -0.15) is 0 Å². The molecule has 7 aromatic rings. The predicted molar refractivity (Wildman–Crippen MR) is 289 cm³/mol. The average molecular weight is 1060 g/mol. The fourth-order valence-electron chi connectivity index (χ4n) is 9.49. The van der Waals surface area contributed by atoms with Gasteiger partial charge in [-0.1, -0.05) is 80.5 Å². The fraction of sp³-hybridized carbons (Fsp3) is 0.404. The quantitative estimate of drug-likeness (QED) is 0.0428. The molecule has 2 unspecified atom stereocenters. The lowest BCUT2D eigenvalue weighted by atomic mass is 9.85. The Labute approximate surface area is 445 Å². The van der Waals surface area contributed by atoms with Crippen LogP contribution in [0.25, 0.3) is 43.4 Å². The van der Waals surface area contributed by atoms with Crippen molar-refractivity contribution < 1.29 is 52.5 Å². The largest absolute Gasteiger partial charge is 0.491 e. The second-order valence-corrected chi connectivity index (χ2v) is 20.8. The number of amides is 4. The van der Waals surface area contributed by atoms with Crippen molar-refractivity contribution in [3.8, 4) is 27.3 Å². The summed E-state index contributed by atoms with van der Waals surface area (Å²) in [4.78, 5) is 60.3. The van der Waals surface area contributed by atoms with E-state index in [9.17, 15) is 24.3 Å². The topological polar surface area (TPSA) is 232 Å². The molecule has 76 heavy (non-hydrogen) atoms.